The molecule has 0 aliphatic heterocycles. The highest BCUT2D eigenvalue weighted by Crippen LogP contribution is 2.51. The van der Waals surface area contributed by atoms with Crippen LogP contribution in [-0.4, -0.2) is 18.2 Å². The van der Waals surface area contributed by atoms with Gasteiger partial charge in [0, 0.05) is 5.41 Å². The molecule has 0 aromatic heterocycles. The summed E-state index contributed by atoms with van der Waals surface area (Å²) in [5, 5.41) is 7.79. The largest absolute Gasteiger partial charge is 0.285 e. The first-order chi connectivity index (χ1) is 7.85. The summed E-state index contributed by atoms with van der Waals surface area (Å²) in [6.07, 6.45) is 6.15. The van der Waals surface area contributed by atoms with E-state index in [1.807, 2.05) is 6.92 Å². The second-order valence-electron chi connectivity index (χ2n) is 5.99. The standard InChI is InChI=1S/C12H19NO3S/c1-12(11(8-13)17(14,15)16)6-9-3-2-4-10(5-9)7-12/h9-11H,2-7H2,1H3,(H,14,15,16). The Morgan fingerprint density at radius 2 is 1.88 bits per heavy atom. The minimum Gasteiger partial charge on any atom is -0.285 e. The Morgan fingerprint density at radius 3 is 2.29 bits per heavy atom. The van der Waals surface area contributed by atoms with Gasteiger partial charge in [0.2, 0.25) is 0 Å². The Morgan fingerprint density at radius 1 is 1.35 bits per heavy atom. The molecule has 0 saturated heterocycles. The number of rotatable bonds is 2. The van der Waals surface area contributed by atoms with Crippen molar-refractivity contribution in [1.82, 2.24) is 0 Å². The number of nitriles is 1. The monoisotopic (exact) mass is 257 g/mol. The van der Waals surface area contributed by atoms with Crippen LogP contribution in [0, 0.1) is 28.6 Å². The molecule has 17 heavy (non-hydrogen) atoms. The highest BCUT2D eigenvalue weighted by atomic mass is 32.2. The van der Waals surface area contributed by atoms with E-state index < -0.39 is 20.8 Å². The first kappa shape index (κ1) is 12.8. The van der Waals surface area contributed by atoms with Gasteiger partial charge in [0.05, 0.1) is 6.07 Å². The lowest BCUT2D eigenvalue weighted by Gasteiger charge is -2.46. The van der Waals surface area contributed by atoms with Crippen LogP contribution in [0.4, 0.5) is 0 Å². The molecule has 3 atom stereocenters. The molecular formula is C12H19NO3S. The van der Waals surface area contributed by atoms with E-state index in [-0.39, 0.29) is 0 Å². The van der Waals surface area contributed by atoms with Crippen LogP contribution in [0.3, 0.4) is 0 Å². The van der Waals surface area contributed by atoms with Crippen LogP contribution in [0.1, 0.15) is 45.4 Å². The van der Waals surface area contributed by atoms with Crippen LogP contribution in [0.5, 0.6) is 0 Å². The third-order valence-electron chi connectivity index (χ3n) is 4.45. The summed E-state index contributed by atoms with van der Waals surface area (Å²) < 4.78 is 31.8. The van der Waals surface area contributed by atoms with E-state index in [1.165, 1.54) is 12.8 Å². The minimum absolute atomic E-state index is 0.532. The van der Waals surface area contributed by atoms with Gasteiger partial charge in [-0.05, 0) is 31.1 Å². The molecule has 2 bridgehead atoms. The van der Waals surface area contributed by atoms with Gasteiger partial charge in [-0.15, -0.1) is 0 Å². The number of nitrogens with zero attached hydrogens (tertiary/aromatic N) is 1. The summed E-state index contributed by atoms with van der Waals surface area (Å²) in [7, 11) is -4.27. The van der Waals surface area contributed by atoms with E-state index in [1.54, 1.807) is 6.07 Å². The van der Waals surface area contributed by atoms with Gasteiger partial charge in [0.15, 0.2) is 5.25 Å². The molecule has 2 aliphatic carbocycles. The zero-order chi connectivity index (χ0) is 12.7. The summed E-state index contributed by atoms with van der Waals surface area (Å²) >= 11 is 0. The van der Waals surface area contributed by atoms with Crippen LogP contribution in [0.25, 0.3) is 0 Å². The molecule has 0 heterocycles. The van der Waals surface area contributed by atoms with Crippen LogP contribution in [0.2, 0.25) is 0 Å². The Kier molecular flexibility index (Phi) is 3.21. The maximum Gasteiger partial charge on any atom is 0.281 e. The first-order valence-corrected chi connectivity index (χ1v) is 7.71. The van der Waals surface area contributed by atoms with E-state index in [2.05, 4.69) is 0 Å². The molecule has 5 heteroatoms. The lowest BCUT2D eigenvalue weighted by atomic mass is 9.60. The highest BCUT2D eigenvalue weighted by molar-refractivity contribution is 7.86. The van der Waals surface area contributed by atoms with Crippen molar-refractivity contribution in [2.45, 2.75) is 50.7 Å². The summed E-state index contributed by atoms with van der Waals surface area (Å²) in [5.74, 6) is 1.06. The lowest BCUT2D eigenvalue weighted by molar-refractivity contribution is 0.0726. The molecule has 1 N–H and O–H groups in total. The molecule has 4 nitrogen and oxygen atoms in total. The van der Waals surface area contributed by atoms with Gasteiger partial charge in [-0.3, -0.25) is 4.55 Å². The molecule has 0 spiro atoms. The van der Waals surface area contributed by atoms with Gasteiger partial charge in [-0.2, -0.15) is 13.7 Å². The molecule has 2 rings (SSSR count). The highest BCUT2D eigenvalue weighted by Gasteiger charge is 2.48. The molecular weight excluding hydrogens is 238 g/mol. The predicted molar refractivity (Wildman–Crippen MR) is 63.7 cm³/mol. The lowest BCUT2D eigenvalue weighted by Crippen LogP contribution is -2.44. The Balaban J connectivity index is 2.27. The molecule has 2 aliphatic rings. The van der Waals surface area contributed by atoms with Gasteiger partial charge in [-0.25, -0.2) is 0 Å². The minimum atomic E-state index is -4.27. The fraction of sp³-hybridized carbons (Fsp3) is 0.917. The summed E-state index contributed by atoms with van der Waals surface area (Å²) in [5.41, 5.74) is -0.573. The Bertz CT molecular complexity index is 425. The van der Waals surface area contributed by atoms with Gasteiger partial charge >= 0.3 is 0 Å². The molecule has 0 aromatic rings. The van der Waals surface area contributed by atoms with Crippen LogP contribution in [0.15, 0.2) is 0 Å². The van der Waals surface area contributed by atoms with Gasteiger partial charge in [0.25, 0.3) is 10.1 Å². The van der Waals surface area contributed by atoms with Crippen molar-refractivity contribution in [2.75, 3.05) is 0 Å². The Labute approximate surface area is 103 Å². The molecule has 96 valence electrons. The van der Waals surface area contributed by atoms with E-state index in [0.29, 0.717) is 11.8 Å². The van der Waals surface area contributed by atoms with E-state index >= 15 is 0 Å². The quantitative estimate of drug-likeness (QED) is 0.770. The van der Waals surface area contributed by atoms with Crippen molar-refractivity contribution in [3.8, 4) is 6.07 Å². The molecule has 0 radical (unpaired) electrons. The SMILES string of the molecule is CC1(C(C#N)S(=O)(=O)O)CC2CCCC(C2)C1. The van der Waals surface area contributed by atoms with Gasteiger partial charge < -0.3 is 0 Å². The second-order valence-corrected chi connectivity index (χ2v) is 7.49. The zero-order valence-corrected chi connectivity index (χ0v) is 10.9. The number of hydrogen-bond donors (Lipinski definition) is 1. The molecule has 2 fully saturated rings. The molecule has 0 aromatic carbocycles. The van der Waals surface area contributed by atoms with Crippen molar-refractivity contribution >= 4 is 10.1 Å². The predicted octanol–water partition coefficient (Wildman–Crippen LogP) is 2.37. The van der Waals surface area contributed by atoms with Gasteiger partial charge in [0.1, 0.15) is 0 Å². The fourth-order valence-corrected chi connectivity index (χ4v) is 5.02. The zero-order valence-electron chi connectivity index (χ0n) is 10.1. The normalized spacial score (nSPS) is 39.4. The number of hydrogen-bond acceptors (Lipinski definition) is 3. The van der Waals surface area contributed by atoms with Gasteiger partial charge in [-0.1, -0.05) is 26.2 Å². The van der Waals surface area contributed by atoms with Crippen molar-refractivity contribution in [1.29, 1.82) is 5.26 Å². The molecule has 0 amide bonds. The second kappa shape index (κ2) is 4.25. The van der Waals surface area contributed by atoms with E-state index in [0.717, 1.165) is 25.7 Å². The average Bonchev–Trinajstić information content (AvgIpc) is 2.14. The van der Waals surface area contributed by atoms with Crippen molar-refractivity contribution in [2.24, 2.45) is 17.3 Å². The van der Waals surface area contributed by atoms with Crippen LogP contribution >= 0.6 is 0 Å². The van der Waals surface area contributed by atoms with Crippen molar-refractivity contribution in [3.05, 3.63) is 0 Å². The fourth-order valence-electron chi connectivity index (χ4n) is 3.97. The summed E-state index contributed by atoms with van der Waals surface area (Å²) in [6, 6.07) is 1.80. The van der Waals surface area contributed by atoms with Crippen LogP contribution in [-0.2, 0) is 10.1 Å². The van der Waals surface area contributed by atoms with Crippen molar-refractivity contribution < 1.29 is 13.0 Å². The third-order valence-corrected chi connectivity index (χ3v) is 5.72. The van der Waals surface area contributed by atoms with E-state index in [4.69, 9.17) is 5.26 Å². The maximum atomic E-state index is 11.3. The third kappa shape index (κ3) is 2.48. The maximum absolute atomic E-state index is 11.3. The molecule has 3 unspecified atom stereocenters. The Hall–Kier alpha value is -0.600. The smallest absolute Gasteiger partial charge is 0.281 e. The summed E-state index contributed by atoms with van der Waals surface area (Å²) in [6.45, 7) is 1.85. The average molecular weight is 257 g/mol. The van der Waals surface area contributed by atoms with Crippen LogP contribution < -0.4 is 0 Å². The summed E-state index contributed by atoms with van der Waals surface area (Å²) in [4.78, 5) is 0. The topological polar surface area (TPSA) is 78.2 Å². The number of fused-ring (bicyclic) bond motifs is 2. The van der Waals surface area contributed by atoms with E-state index in [9.17, 15) is 13.0 Å². The van der Waals surface area contributed by atoms with Crippen molar-refractivity contribution in [3.63, 3.8) is 0 Å². The first-order valence-electron chi connectivity index (χ1n) is 6.21. The molecule has 2 saturated carbocycles.